The van der Waals surface area contributed by atoms with Crippen LogP contribution in [0.1, 0.15) is 55.6 Å². The highest BCUT2D eigenvalue weighted by molar-refractivity contribution is 7.80. The van der Waals surface area contributed by atoms with Crippen LogP contribution in [0.25, 0.3) is 0 Å². The number of aliphatic hydroxyl groups is 1. The number of amides is 15. The lowest BCUT2D eigenvalue weighted by Crippen LogP contribution is -2.59. The Morgan fingerprint density at radius 3 is 1.28 bits per heavy atom. The molecule has 0 saturated heterocycles. The van der Waals surface area contributed by atoms with Gasteiger partial charge in [-0.05, 0) is 32.1 Å². The summed E-state index contributed by atoms with van der Waals surface area (Å²) in [6, 6.07) is -14.2. The Morgan fingerprint density at radius 2 is 0.833 bits per heavy atom. The normalized spacial score (nSPS) is 13.6. The van der Waals surface area contributed by atoms with Crippen molar-refractivity contribution in [3.05, 3.63) is 54.7 Å². The summed E-state index contributed by atoms with van der Waals surface area (Å²) >= 11 is 8.24. The molecule has 0 radical (unpaired) electrons. The molecule has 96 heavy (non-hydrogen) atoms. The lowest BCUT2D eigenvalue weighted by molar-refractivity contribution is -0.142. The average Bonchev–Trinajstić information content (AvgIpc) is 1.12. The van der Waals surface area contributed by atoms with Crippen molar-refractivity contribution >= 4 is 120 Å². The number of carbonyl (C=O) groups excluding carboxylic acids is 14. The third-order valence-corrected chi connectivity index (χ3v) is 14.0. The summed E-state index contributed by atoms with van der Waals surface area (Å²) in [6.45, 7) is -4.27. The van der Waals surface area contributed by atoms with Crippen LogP contribution in [0, 0.1) is 0 Å². The van der Waals surface area contributed by atoms with Crippen LogP contribution in [0.15, 0.2) is 42.6 Å². The molecule has 0 bridgehead atoms. The molecular formula is C52H81N25O17S2. The molecule has 0 aliphatic heterocycles. The first kappa shape index (κ1) is 79.6. The Bertz CT molecular complexity index is 3140. The van der Waals surface area contributed by atoms with Crippen molar-refractivity contribution < 1.29 is 82.1 Å². The molecule has 3 aromatic heterocycles. The number of aromatic nitrogens is 6. The van der Waals surface area contributed by atoms with Crippen LogP contribution in [0.4, 0.5) is 4.79 Å². The number of nitrogens with zero attached hydrogens (tertiary/aromatic N) is 4. The van der Waals surface area contributed by atoms with E-state index >= 15 is 0 Å². The van der Waals surface area contributed by atoms with Crippen LogP contribution in [-0.2, 0) is 86.4 Å². The first-order valence-electron chi connectivity index (χ1n) is 29.2. The molecule has 0 unspecified atom stereocenters. The van der Waals surface area contributed by atoms with Gasteiger partial charge in [0.25, 0.3) is 0 Å². The molecule has 3 heterocycles. The summed E-state index contributed by atoms with van der Waals surface area (Å²) in [4.78, 5) is 218. The van der Waals surface area contributed by atoms with E-state index in [1.54, 1.807) is 0 Å². The van der Waals surface area contributed by atoms with Crippen LogP contribution >= 0.6 is 25.3 Å². The maximum absolute atomic E-state index is 14.1. The van der Waals surface area contributed by atoms with E-state index in [-0.39, 0.29) is 88.3 Å². The molecule has 44 heteroatoms. The van der Waals surface area contributed by atoms with E-state index in [4.69, 9.17) is 28.7 Å². The molecule has 9 atom stereocenters. The summed E-state index contributed by atoms with van der Waals surface area (Å²) < 4.78 is 0. The third-order valence-electron chi connectivity index (χ3n) is 13.2. The minimum atomic E-state index is -1.82. The number of aromatic amines is 3. The molecule has 42 nitrogen and oxygen atoms in total. The number of aliphatic imine (C=N–C) groups is 1. The van der Waals surface area contributed by atoms with E-state index in [2.05, 4.69) is 129 Å². The zero-order valence-corrected chi connectivity index (χ0v) is 53.3. The highest BCUT2D eigenvalue weighted by Gasteiger charge is 2.33. The zero-order valence-electron chi connectivity index (χ0n) is 51.5. The Balaban J connectivity index is 1.69. The van der Waals surface area contributed by atoms with E-state index in [0.29, 0.717) is 11.4 Å². The molecule has 0 aromatic carbocycles. The smallest absolute Gasteiger partial charge is 0.326 e. The molecule has 0 spiro atoms. The number of primary amides is 2. The maximum Gasteiger partial charge on any atom is 0.326 e. The second-order valence-corrected chi connectivity index (χ2v) is 21.5. The van der Waals surface area contributed by atoms with Gasteiger partial charge in [-0.2, -0.15) is 25.3 Å². The average molecular weight is 1390 g/mol. The molecule has 15 amide bonds. The Labute approximate surface area is 557 Å². The molecule has 0 saturated carbocycles. The van der Waals surface area contributed by atoms with Gasteiger partial charge < -0.3 is 123 Å². The van der Waals surface area contributed by atoms with Gasteiger partial charge in [-0.15, -0.1) is 0 Å². The number of H-pyrrole nitrogens is 3. The maximum atomic E-state index is 14.1. The molecule has 528 valence electrons. The number of thiol groups is 2. The minimum absolute atomic E-state index is 0.0368. The summed E-state index contributed by atoms with van der Waals surface area (Å²) in [6.07, 6.45) is 6.63. The largest absolute Gasteiger partial charge is 0.480 e. The van der Waals surface area contributed by atoms with Gasteiger partial charge in [0.05, 0.1) is 57.8 Å². The number of carboxylic acid groups (broad SMARTS) is 1. The van der Waals surface area contributed by atoms with Gasteiger partial charge in [0.15, 0.2) is 5.96 Å². The SMILES string of the molecule is NC(=O)CC[C@H](NC(=O)CNC(=O)[C@H](CS)NC(=O)[C@H](CCCN=C(N)N)NC(=O)[C@H](Cc1cnc[nH]1)NC(=O)CNC(=O)[C@H](CCCNC(N)=O)NC(=O)[C@H](CO)NC(=O)[C@H](CS)NC(=O)CNC(=O)[C@H](Cc1cnc[nH]1)NC(=O)CNC(=O)[C@@H](N)Cc1cnc[nH]1)C(=O)O. The number of aliphatic hydroxyl groups excluding tert-OH is 1. The molecule has 3 aromatic rings. The number of nitrogens with two attached hydrogens (primary N) is 5. The number of hydrogen-bond donors (Lipinski definition) is 25. The van der Waals surface area contributed by atoms with Crippen molar-refractivity contribution in [3.63, 3.8) is 0 Å². The number of hydrogen-bond acceptors (Lipinski definition) is 23. The number of aliphatic carboxylic acids is 1. The van der Waals surface area contributed by atoms with E-state index in [1.807, 2.05) is 0 Å². The molecular weight excluding hydrogens is 1310 g/mol. The predicted molar refractivity (Wildman–Crippen MR) is 340 cm³/mol. The first-order valence-corrected chi connectivity index (χ1v) is 30.5. The van der Waals surface area contributed by atoms with Gasteiger partial charge in [0.1, 0.15) is 48.3 Å². The Kier molecular flexibility index (Phi) is 35.3. The first-order chi connectivity index (χ1) is 45.6. The van der Waals surface area contributed by atoms with Gasteiger partial charge in [-0.25, -0.2) is 24.5 Å². The number of imidazole rings is 3. The Hall–Kier alpha value is -10.6. The zero-order chi connectivity index (χ0) is 71.3. The standard InChI is InChI=1S/C52H81N25O17S2/c53-28(9-25-12-58-22-67-25)42(84)63-15-39(81)71-32(10-26-13-59-23-68-26)44(86)65-18-41(83)73-36(21-96)49(91)76-34(19-78)48(90)74-29(3-2-8-62-52(57)94)43(85)64-17-40(82)72-33(11-27-14-60-24-69-27)47(89)75-30(4-1-7-61-51(55)56)46(88)77-35(20-95)45(87)66-16-38(80)70-31(50(92)93)5-6-37(54)79/h12-14,22-24,28-36,78,95-96H,1-11,15-21,53H2,(H2,54,79)(H,58,67)(H,59,68)(H,60,69)(H,63,84)(H,64,85)(H,65,86)(H,66,87)(H,70,80)(H,71,81)(H,72,82)(H,73,83)(H,74,90)(H,75,89)(H,76,91)(H,77,88)(H,92,93)(H4,55,56,61)(H3,57,62,94)/t28-,29-,30-,31-,32-,33-,34-,35-,36-/m0/s1. The van der Waals surface area contributed by atoms with Crippen molar-refractivity contribution in [1.82, 2.24) is 99.0 Å². The number of nitrogens with one attached hydrogen (secondary N) is 16. The lowest BCUT2D eigenvalue weighted by Gasteiger charge is -2.25. The van der Waals surface area contributed by atoms with Crippen LogP contribution in [0.2, 0.25) is 0 Å². The summed E-state index contributed by atoms with van der Waals surface area (Å²) in [5, 5.41) is 50.1. The van der Waals surface area contributed by atoms with Crippen LogP contribution in [0.5, 0.6) is 0 Å². The van der Waals surface area contributed by atoms with Crippen molar-refractivity contribution in [2.75, 3.05) is 57.4 Å². The fourth-order valence-corrected chi connectivity index (χ4v) is 8.82. The molecule has 3 rings (SSSR count). The fraction of sp³-hybridized carbons (Fsp3) is 0.519. The van der Waals surface area contributed by atoms with Crippen molar-refractivity contribution in [1.29, 1.82) is 0 Å². The van der Waals surface area contributed by atoms with Gasteiger partial charge in [-0.3, -0.25) is 67.3 Å². The van der Waals surface area contributed by atoms with Crippen molar-refractivity contribution in [2.24, 2.45) is 33.7 Å². The van der Waals surface area contributed by atoms with Crippen molar-refractivity contribution in [3.8, 4) is 0 Å². The highest BCUT2D eigenvalue weighted by atomic mass is 32.1. The number of guanidine groups is 1. The number of carboxylic acids is 1. The molecule has 0 fully saturated rings. The third kappa shape index (κ3) is 30.9. The van der Waals surface area contributed by atoms with Gasteiger partial charge >= 0.3 is 12.0 Å². The lowest BCUT2D eigenvalue weighted by atomic mass is 10.1. The van der Waals surface area contributed by atoms with Crippen LogP contribution in [-0.4, -0.2) is 247 Å². The summed E-state index contributed by atoms with van der Waals surface area (Å²) in [5.41, 5.74) is 28.3. The molecule has 0 aliphatic rings. The number of rotatable bonds is 45. The van der Waals surface area contributed by atoms with Gasteiger partial charge in [0.2, 0.25) is 76.8 Å². The van der Waals surface area contributed by atoms with Crippen molar-refractivity contribution in [2.45, 2.75) is 112 Å². The predicted octanol–water partition coefficient (Wildman–Crippen LogP) is -11.7. The van der Waals surface area contributed by atoms with E-state index < -0.39 is 182 Å². The second-order valence-electron chi connectivity index (χ2n) is 20.8. The Morgan fingerprint density at radius 1 is 0.458 bits per heavy atom. The van der Waals surface area contributed by atoms with Gasteiger partial charge in [0, 0.05) is 86.0 Å². The number of carbonyl (C=O) groups is 15. The molecule has 28 N–H and O–H groups in total. The van der Waals surface area contributed by atoms with Crippen LogP contribution < -0.4 is 97.8 Å². The monoisotopic (exact) mass is 1390 g/mol. The number of urea groups is 1. The fourth-order valence-electron chi connectivity index (χ4n) is 8.30. The van der Waals surface area contributed by atoms with Gasteiger partial charge in [-0.1, -0.05) is 0 Å². The highest BCUT2D eigenvalue weighted by Crippen LogP contribution is 2.07. The topological polar surface area (TPSA) is 681 Å². The second kappa shape index (κ2) is 42.6. The van der Waals surface area contributed by atoms with E-state index in [0.717, 1.165) is 0 Å². The summed E-state index contributed by atoms with van der Waals surface area (Å²) in [5.74, 6) is -14.9. The van der Waals surface area contributed by atoms with Crippen LogP contribution in [0.3, 0.4) is 0 Å². The van der Waals surface area contributed by atoms with E-state index in [9.17, 15) is 82.1 Å². The molecule has 0 aliphatic carbocycles. The summed E-state index contributed by atoms with van der Waals surface area (Å²) in [7, 11) is 0. The quantitative estimate of drug-likeness (QED) is 0.0108. The minimum Gasteiger partial charge on any atom is -0.480 e. The van der Waals surface area contributed by atoms with E-state index in [1.165, 1.54) is 37.6 Å².